The van der Waals surface area contributed by atoms with Gasteiger partial charge in [0.05, 0.1) is 63.8 Å². The number of hydrogen-bond acceptors (Lipinski definition) is 15. The molecule has 0 bridgehead atoms. The molecule has 6 aromatic rings. The van der Waals surface area contributed by atoms with Crippen molar-refractivity contribution in [3.63, 3.8) is 0 Å². The van der Waals surface area contributed by atoms with Crippen LogP contribution in [-0.4, -0.2) is 132 Å². The number of amidine groups is 1. The molecule has 6 rings (SSSR count). The van der Waals surface area contributed by atoms with Gasteiger partial charge in [0, 0.05) is 105 Å². The molecule has 0 heterocycles. The summed E-state index contributed by atoms with van der Waals surface area (Å²) < 4.78 is 79.7. The van der Waals surface area contributed by atoms with E-state index in [0.717, 1.165) is 24.3 Å². The van der Waals surface area contributed by atoms with E-state index < -0.39 is 47.8 Å². The molecule has 0 aliphatic rings. The molecular formula is C45H44N10Na2O11S2. The molecule has 2 radical (unpaired) electrons. The summed E-state index contributed by atoms with van der Waals surface area (Å²) in [7, 11) is -6.75. The zero-order valence-corrected chi connectivity index (χ0v) is 44.7. The second-order valence-corrected chi connectivity index (χ2v) is 17.7. The molecule has 0 amide bonds. The number of nitrogen functional groups attached to an aromatic ring is 2. The molecule has 70 heavy (non-hydrogen) atoms. The third-order valence-corrected chi connectivity index (χ3v) is 11.7. The first kappa shape index (κ1) is 56.3. The molecule has 0 fully saturated rings. The van der Waals surface area contributed by atoms with Gasteiger partial charge in [-0.2, -0.15) is 42.3 Å². The van der Waals surface area contributed by atoms with E-state index >= 15 is 0 Å². The molecule has 0 aliphatic heterocycles. The molecule has 6 aromatic carbocycles. The maximum atomic E-state index is 12.2. The summed E-state index contributed by atoms with van der Waals surface area (Å²) in [4.78, 5) is 11.5. The van der Waals surface area contributed by atoms with Crippen molar-refractivity contribution in [3.05, 3.63) is 130 Å². The summed E-state index contributed by atoms with van der Waals surface area (Å²) in [6.07, 6.45) is 0. The molecule has 10 N–H and O–H groups in total. The van der Waals surface area contributed by atoms with Crippen LogP contribution < -0.4 is 26.3 Å². The number of benzene rings is 6. The number of aliphatic imine (C=N–C) groups is 3. The number of aryl methyl sites for hydroxylation is 2. The Bertz CT molecular complexity index is 3370. The number of rotatable bonds is 14. The van der Waals surface area contributed by atoms with Crippen LogP contribution in [0.2, 0.25) is 0 Å². The second-order valence-electron chi connectivity index (χ2n) is 14.9. The molecule has 354 valence electrons. The first-order valence-corrected chi connectivity index (χ1v) is 22.7. The standard InChI is InChI=1S/C45H44N10O11S2.2Na/c1-23-13-39(41(65-5)21-33(23)52-54-37-19-31(67(59,60)61)17-35(25(37)3)48-43(56)27-9-7-11-29(46)15-27)50-45(58)51-40-14-24(2)34(22-42(40)66-6)53-55-38-20-32(68(62,63)64)18-36(26(38)4)49-44(57)28-10-8-12-30(47)16-28;;/h7-22H,46-47H2,1-6H3,(H,48,56)(H,49,57)(H2,50,51,58)(H,59,60,61)(H,62,63,64);;. The van der Waals surface area contributed by atoms with Gasteiger partial charge < -0.3 is 41.6 Å². The minimum absolute atomic E-state index is 0. The molecule has 0 saturated carbocycles. The maximum Gasteiger partial charge on any atom is 0.294 e. The van der Waals surface area contributed by atoms with Gasteiger partial charge in [-0.15, -0.1) is 0 Å². The van der Waals surface area contributed by atoms with Gasteiger partial charge in [-0.05, 0) is 112 Å². The van der Waals surface area contributed by atoms with Crippen molar-refractivity contribution in [1.29, 1.82) is 0 Å². The Morgan fingerprint density at radius 1 is 0.514 bits per heavy atom. The van der Waals surface area contributed by atoms with Gasteiger partial charge >= 0.3 is 0 Å². The van der Waals surface area contributed by atoms with Crippen molar-refractivity contribution >= 4 is 154 Å². The van der Waals surface area contributed by atoms with Crippen LogP contribution in [-0.2, 0) is 20.2 Å². The Morgan fingerprint density at radius 3 is 1.33 bits per heavy atom. The monoisotopic (exact) mass is 1010 g/mol. The molecule has 0 unspecified atom stereocenters. The van der Waals surface area contributed by atoms with Gasteiger partial charge in [-0.25, -0.2) is 9.98 Å². The summed E-state index contributed by atoms with van der Waals surface area (Å²) in [5.74, 6) is -0.587. The Morgan fingerprint density at radius 2 is 0.914 bits per heavy atom. The quantitative estimate of drug-likeness (QED) is 0.0126. The van der Waals surface area contributed by atoms with Crippen LogP contribution in [0.5, 0.6) is 11.5 Å². The second kappa shape index (κ2) is 23.6. The molecule has 25 heteroatoms. The van der Waals surface area contributed by atoms with E-state index in [1.165, 1.54) is 38.5 Å². The molecule has 0 saturated heterocycles. The number of aliphatic hydroxyl groups excluding tert-OH is 3. The first-order valence-electron chi connectivity index (χ1n) is 19.8. The number of hydrogen-bond donors (Lipinski definition) is 8. The largest absolute Gasteiger partial charge is 0.494 e. The summed E-state index contributed by atoms with van der Waals surface area (Å²) in [6.45, 7) is 6.51. The van der Waals surface area contributed by atoms with E-state index in [1.807, 2.05) is 0 Å². The fourth-order valence-electron chi connectivity index (χ4n) is 6.32. The van der Waals surface area contributed by atoms with Crippen LogP contribution >= 0.6 is 0 Å². The van der Waals surface area contributed by atoms with E-state index in [2.05, 4.69) is 40.8 Å². The van der Waals surface area contributed by atoms with E-state index in [1.54, 1.807) is 76.2 Å². The van der Waals surface area contributed by atoms with Crippen molar-refractivity contribution in [2.24, 2.45) is 35.4 Å². The first-order chi connectivity index (χ1) is 32.0. The van der Waals surface area contributed by atoms with Gasteiger partial charge in [0.15, 0.2) is 0 Å². The minimum atomic E-state index is -4.75. The third-order valence-electron chi connectivity index (χ3n) is 10.0. The zero-order valence-electron chi connectivity index (χ0n) is 39.0. The van der Waals surface area contributed by atoms with Crippen LogP contribution in [0, 0.1) is 27.7 Å². The molecule has 0 aliphatic carbocycles. The van der Waals surface area contributed by atoms with Crippen molar-refractivity contribution in [3.8, 4) is 11.5 Å². The molecule has 0 atom stereocenters. The van der Waals surface area contributed by atoms with Crippen molar-refractivity contribution in [2.45, 2.75) is 37.5 Å². The fourth-order valence-corrected chi connectivity index (χ4v) is 7.36. The predicted octanol–water partition coefficient (Wildman–Crippen LogP) is 9.59. The van der Waals surface area contributed by atoms with Crippen molar-refractivity contribution in [2.75, 3.05) is 31.0 Å². The van der Waals surface area contributed by atoms with Crippen molar-refractivity contribution < 1.29 is 50.7 Å². The Balaban J connectivity index is 0.00000533. The number of methoxy groups -OCH3 is 2. The summed E-state index contributed by atoms with van der Waals surface area (Å²) in [5.41, 5.74) is 15.5. The summed E-state index contributed by atoms with van der Waals surface area (Å²) in [5, 5.41) is 52.3. The topological polar surface area (TPSA) is 338 Å². The third kappa shape index (κ3) is 14.0. The minimum Gasteiger partial charge on any atom is -0.494 e. The van der Waals surface area contributed by atoms with E-state index in [0.29, 0.717) is 33.6 Å². The van der Waals surface area contributed by atoms with Crippen LogP contribution in [0.1, 0.15) is 33.4 Å². The van der Waals surface area contributed by atoms with Crippen LogP contribution in [0.15, 0.2) is 142 Å². The summed E-state index contributed by atoms with van der Waals surface area (Å²) in [6, 6.07) is 22.4. The van der Waals surface area contributed by atoms with E-state index in [-0.39, 0.29) is 127 Å². The Hall–Kier alpha value is -6.25. The molecule has 21 nitrogen and oxygen atoms in total. The van der Waals surface area contributed by atoms with Gasteiger partial charge in [0.25, 0.3) is 26.3 Å². The normalized spacial score (nSPS) is 12.4. The number of aliphatic hydroxyl groups is 3. The number of nitrogens with two attached hydrogens (primary N) is 2. The smallest absolute Gasteiger partial charge is 0.294 e. The summed E-state index contributed by atoms with van der Waals surface area (Å²) >= 11 is 0. The number of ether oxygens (including phenoxy) is 2. The average molecular weight is 1010 g/mol. The zero-order chi connectivity index (χ0) is 49.7. The van der Waals surface area contributed by atoms with Gasteiger partial charge in [-0.1, -0.05) is 12.1 Å². The number of azo groups is 2. The van der Waals surface area contributed by atoms with E-state index in [4.69, 9.17) is 20.9 Å². The van der Waals surface area contributed by atoms with Crippen molar-refractivity contribution in [1.82, 2.24) is 0 Å². The van der Waals surface area contributed by atoms with Crippen LogP contribution in [0.4, 0.5) is 56.9 Å². The predicted molar refractivity (Wildman–Crippen MR) is 270 cm³/mol. The number of anilines is 3. The SMILES string of the molecule is COc1cc(N=Nc2cc(S(=O)(=O)O)cc(N=C(O)c3cccc(N)c3)c2C)c(C)cc1N=C(O)Nc1cc(C)c(N=Nc2cc(S(=O)(=O)O)cc(N=C(O)c3cccc(N)c3)c2C)cc1OC.[Na].[Na]. The number of nitrogens with one attached hydrogen (secondary N) is 1. The van der Waals surface area contributed by atoms with Gasteiger partial charge in [0.1, 0.15) is 17.2 Å². The Kier molecular flexibility index (Phi) is 19.0. The Labute approximate surface area is 447 Å². The van der Waals surface area contributed by atoms with Crippen LogP contribution in [0.25, 0.3) is 0 Å². The van der Waals surface area contributed by atoms with E-state index in [9.17, 15) is 41.3 Å². The van der Waals surface area contributed by atoms with Gasteiger partial charge in [-0.3, -0.25) is 9.11 Å². The van der Waals surface area contributed by atoms with Crippen LogP contribution in [0.3, 0.4) is 0 Å². The fraction of sp³-hybridized carbons (Fsp3) is 0.133. The maximum absolute atomic E-state index is 12.2. The molecule has 0 spiro atoms. The molecular weight excluding hydrogens is 967 g/mol. The average Bonchev–Trinajstić information content (AvgIpc) is 3.27. The molecule has 0 aromatic heterocycles. The van der Waals surface area contributed by atoms with Gasteiger partial charge in [0.2, 0.25) is 11.8 Å². The number of nitrogens with zero attached hydrogens (tertiary/aromatic N) is 7.